The predicted octanol–water partition coefficient (Wildman–Crippen LogP) is 2.75. The van der Waals surface area contributed by atoms with E-state index in [1.807, 2.05) is 49.7 Å². The number of fused-ring (bicyclic) bond motifs is 3. The maximum absolute atomic E-state index is 13.1. The molecule has 1 saturated heterocycles. The number of hydrogen-bond donors (Lipinski definition) is 6. The van der Waals surface area contributed by atoms with Crippen LogP contribution in [0.3, 0.4) is 0 Å². The van der Waals surface area contributed by atoms with Crippen LogP contribution in [0.25, 0.3) is 11.1 Å². The molecule has 3 aromatic rings. The number of aldehydes is 1. The molecule has 15 nitrogen and oxygen atoms in total. The molecule has 3 fully saturated rings. The average Bonchev–Trinajstić information content (AvgIpc) is 4.11. The van der Waals surface area contributed by atoms with Gasteiger partial charge in [0.1, 0.15) is 17.2 Å². The minimum atomic E-state index is -0.382. The summed E-state index contributed by atoms with van der Waals surface area (Å²) in [6.45, 7) is 6.25. The summed E-state index contributed by atoms with van der Waals surface area (Å²) < 4.78 is 2.17. The third-order valence-corrected chi connectivity index (χ3v) is 10.8. The minimum Gasteiger partial charge on any atom is -0.393 e. The molecule has 2 aliphatic carbocycles. The summed E-state index contributed by atoms with van der Waals surface area (Å²) in [6, 6.07) is 11.9. The van der Waals surface area contributed by atoms with E-state index in [0.29, 0.717) is 17.9 Å². The smallest absolute Gasteiger partial charge is 0.269 e. The second-order valence-corrected chi connectivity index (χ2v) is 15.4. The molecule has 3 aliphatic heterocycles. The first-order valence-corrected chi connectivity index (χ1v) is 19.5. The minimum absolute atomic E-state index is 0.00948. The van der Waals surface area contributed by atoms with Crippen molar-refractivity contribution in [2.45, 2.75) is 69.8 Å². The molecule has 15 heteroatoms. The lowest BCUT2D eigenvalue weighted by Gasteiger charge is -2.43. The van der Waals surface area contributed by atoms with E-state index in [2.05, 4.69) is 60.4 Å². The van der Waals surface area contributed by atoms with Crippen molar-refractivity contribution >= 4 is 29.5 Å². The van der Waals surface area contributed by atoms with E-state index in [0.717, 1.165) is 92.8 Å². The van der Waals surface area contributed by atoms with Gasteiger partial charge in [0.05, 0.1) is 52.8 Å². The number of anilines is 2. The van der Waals surface area contributed by atoms with Crippen LogP contribution in [0.4, 0.5) is 11.4 Å². The Morgan fingerprint density at radius 2 is 1.79 bits per heavy atom. The number of β-amino-alcohol motifs (C(OH)–C–C–N with tert-alkyl or cyclic N) is 1. The third kappa shape index (κ3) is 8.80. The van der Waals surface area contributed by atoms with Crippen LogP contribution in [-0.2, 0) is 16.1 Å². The number of carbonyl (C=O) groups is 3. The van der Waals surface area contributed by atoms with Gasteiger partial charge in [0.2, 0.25) is 5.91 Å². The third-order valence-electron chi connectivity index (χ3n) is 10.8. The number of nitrogens with zero attached hydrogens (tertiary/aromatic N) is 6. The zero-order valence-electron chi connectivity index (χ0n) is 32.3. The molecule has 2 amide bonds. The molecule has 8 N–H and O–H groups in total. The molecule has 5 heterocycles. The molecule has 296 valence electrons. The number of pyridine rings is 1. The van der Waals surface area contributed by atoms with E-state index in [1.165, 1.54) is 11.8 Å². The normalized spacial score (nSPS) is 21.4. The van der Waals surface area contributed by atoms with E-state index in [4.69, 9.17) is 21.7 Å². The van der Waals surface area contributed by atoms with E-state index in [1.54, 1.807) is 6.07 Å². The Hall–Kier alpha value is -5.51. The van der Waals surface area contributed by atoms with Crippen LogP contribution in [0, 0.1) is 5.92 Å². The molecule has 1 unspecified atom stereocenters. The quantitative estimate of drug-likeness (QED) is 0.0684. The number of aliphatic hydroxyl groups excluding tert-OH is 1. The van der Waals surface area contributed by atoms with Crippen molar-refractivity contribution in [3.63, 3.8) is 0 Å². The number of para-hydroxylation sites is 1. The Morgan fingerprint density at radius 3 is 2.45 bits per heavy atom. The Morgan fingerprint density at radius 1 is 1.02 bits per heavy atom. The van der Waals surface area contributed by atoms with Crippen molar-refractivity contribution in [2.75, 3.05) is 50.5 Å². The first-order valence-electron chi connectivity index (χ1n) is 19.5. The summed E-state index contributed by atoms with van der Waals surface area (Å²) in [4.78, 5) is 47.7. The van der Waals surface area contributed by atoms with Gasteiger partial charge in [-0.2, -0.15) is 5.10 Å². The van der Waals surface area contributed by atoms with E-state index < -0.39 is 0 Å². The van der Waals surface area contributed by atoms with Gasteiger partial charge in [-0.3, -0.25) is 28.9 Å². The fraction of sp³-hybridized carbons (Fsp3) is 0.439. The molecule has 0 spiro atoms. The van der Waals surface area contributed by atoms with E-state index in [-0.39, 0.29) is 53.5 Å². The number of nitrogens with one attached hydrogen (secondary N) is 3. The van der Waals surface area contributed by atoms with Crippen LogP contribution >= 0.6 is 0 Å². The second kappa shape index (κ2) is 16.7. The highest BCUT2D eigenvalue weighted by Crippen LogP contribution is 2.49. The number of allylic oxidation sites excluding steroid dienone is 1. The van der Waals surface area contributed by atoms with Crippen LogP contribution in [0.2, 0.25) is 0 Å². The van der Waals surface area contributed by atoms with Crippen molar-refractivity contribution < 1.29 is 19.5 Å². The number of nitrogens with two attached hydrogens (primary N) is 2. The molecule has 1 aromatic carbocycles. The van der Waals surface area contributed by atoms with Gasteiger partial charge < -0.3 is 37.4 Å². The van der Waals surface area contributed by atoms with Crippen molar-refractivity contribution in [1.29, 1.82) is 0 Å². The lowest BCUT2D eigenvalue weighted by atomic mass is 9.91. The van der Waals surface area contributed by atoms with E-state index in [9.17, 15) is 14.4 Å². The zero-order chi connectivity index (χ0) is 39.5. The average molecular weight is 764 g/mol. The molecule has 0 bridgehead atoms. The SMILES string of the molecule is CCC1c2c(cnn2C2CN(Cc3cccc(C=O)n3)C2)-c2cccc(NC(/C=C(\N)NC(=O)C3CC3)=C(/N)C(=O)NC3CC3)c2N1C.CN1CC=C[C@@H](O)C1. The summed E-state index contributed by atoms with van der Waals surface area (Å²) >= 11 is 0. The molecule has 2 aromatic heterocycles. The maximum atomic E-state index is 13.1. The van der Waals surface area contributed by atoms with Gasteiger partial charge in [-0.15, -0.1) is 0 Å². The summed E-state index contributed by atoms with van der Waals surface area (Å²) in [5.41, 5.74) is 19.3. The fourth-order valence-electron chi connectivity index (χ4n) is 7.53. The second-order valence-electron chi connectivity index (χ2n) is 15.4. The molecule has 5 aliphatic rings. The number of amides is 2. The van der Waals surface area contributed by atoms with E-state index >= 15 is 0 Å². The number of likely N-dealkylation sites (N-methyl/N-ethyl adjacent to an activating group) is 1. The lowest BCUT2D eigenvalue weighted by molar-refractivity contribution is -0.121. The fourth-order valence-corrected chi connectivity index (χ4v) is 7.53. The Kier molecular flexibility index (Phi) is 11.6. The molecular weight excluding hydrogens is 711 g/mol. The first-order chi connectivity index (χ1) is 27.0. The summed E-state index contributed by atoms with van der Waals surface area (Å²) in [5, 5.41) is 23.0. The van der Waals surface area contributed by atoms with Gasteiger partial charge >= 0.3 is 0 Å². The van der Waals surface area contributed by atoms with Crippen LogP contribution in [-0.4, -0.2) is 100 Å². The van der Waals surface area contributed by atoms with Crippen LogP contribution in [0.5, 0.6) is 0 Å². The molecule has 8 rings (SSSR count). The van der Waals surface area contributed by atoms with Crippen molar-refractivity contribution in [3.8, 4) is 11.1 Å². The molecule has 0 radical (unpaired) electrons. The number of rotatable bonds is 12. The maximum Gasteiger partial charge on any atom is 0.269 e. The monoisotopic (exact) mass is 763 g/mol. The Balaban J connectivity index is 0.000000536. The first kappa shape index (κ1) is 38.8. The van der Waals surface area contributed by atoms with Crippen LogP contribution in [0.15, 0.2) is 78.0 Å². The summed E-state index contributed by atoms with van der Waals surface area (Å²) in [6.07, 6.45) is 12.2. The molecule has 2 atom stereocenters. The standard InChI is InChI=1S/C35H42N10O3.C6H11NO/c1-3-29-33-26(15-38-45(33)24-17-44(18-24)16-22-6-4-7-23(19-46)39-22)25-8-5-9-27(32(25)43(29)2)41-28(31(37)35(48)40-21-12-13-21)14-30(36)42-34(47)20-10-11-20;1-7-4-2-3-6(8)5-7/h4-9,14-15,19-21,24,29,41H,3,10-13,16-18,36-37H2,1-2H3,(H,40,48)(H,42,47);2-3,6,8H,4-5H2,1H3/b30-14+,31-28+;/t;6-/m.1/s1. The van der Waals surface area contributed by atoms with Crippen LogP contribution in [0.1, 0.15) is 73.0 Å². The summed E-state index contributed by atoms with van der Waals surface area (Å²) in [5.74, 6) is -0.419. The summed E-state index contributed by atoms with van der Waals surface area (Å²) in [7, 11) is 4.07. The zero-order valence-corrected chi connectivity index (χ0v) is 32.3. The highest BCUT2D eigenvalue weighted by atomic mass is 16.3. The van der Waals surface area contributed by atoms with Gasteiger partial charge in [0.15, 0.2) is 6.29 Å². The van der Waals surface area contributed by atoms with Gasteiger partial charge in [0.25, 0.3) is 5.91 Å². The number of likely N-dealkylation sites (tertiary alicyclic amines) is 1. The largest absolute Gasteiger partial charge is 0.393 e. The number of carbonyl (C=O) groups excluding carboxylic acids is 3. The van der Waals surface area contributed by atoms with Gasteiger partial charge in [-0.05, 0) is 57.4 Å². The van der Waals surface area contributed by atoms with Crippen molar-refractivity contribution in [3.05, 3.63) is 95.1 Å². The van der Waals surface area contributed by atoms with Gasteiger partial charge in [-0.1, -0.05) is 37.3 Å². The number of aromatic nitrogens is 3. The Labute approximate surface area is 327 Å². The number of hydrogen-bond acceptors (Lipinski definition) is 12. The van der Waals surface area contributed by atoms with Gasteiger partial charge in [-0.25, -0.2) is 4.98 Å². The van der Waals surface area contributed by atoms with Crippen molar-refractivity contribution in [2.24, 2.45) is 17.4 Å². The van der Waals surface area contributed by atoms with Crippen LogP contribution < -0.4 is 32.3 Å². The molecular formula is C41H53N11O4. The lowest BCUT2D eigenvalue weighted by Crippen LogP contribution is -2.48. The molecule has 56 heavy (non-hydrogen) atoms. The molecule has 2 saturated carbocycles. The highest BCUT2D eigenvalue weighted by Gasteiger charge is 2.38. The van der Waals surface area contributed by atoms with Crippen molar-refractivity contribution in [1.82, 2.24) is 35.2 Å². The Bertz CT molecular complexity index is 2040. The van der Waals surface area contributed by atoms with Gasteiger partial charge in [0, 0.05) is 68.9 Å². The number of aliphatic hydroxyl groups is 1. The predicted molar refractivity (Wildman–Crippen MR) is 215 cm³/mol. The highest BCUT2D eigenvalue weighted by molar-refractivity contribution is 5.96. The number of benzene rings is 1. The topological polar surface area (TPSA) is 200 Å².